The lowest BCUT2D eigenvalue weighted by Crippen LogP contribution is -2.21. The van der Waals surface area contributed by atoms with Crippen LogP contribution in [0.3, 0.4) is 0 Å². The minimum atomic E-state index is 1.11. The van der Waals surface area contributed by atoms with Gasteiger partial charge in [-0.15, -0.1) is 6.58 Å². The van der Waals surface area contributed by atoms with Crippen LogP contribution in [0, 0.1) is 0 Å². The molecule has 0 atom stereocenters. The molecule has 0 bridgehead atoms. The molecule has 14 heavy (non-hydrogen) atoms. The zero-order chi connectivity index (χ0) is 9.97. The van der Waals surface area contributed by atoms with Gasteiger partial charge in [0.25, 0.3) is 0 Å². The molecular formula is C13H17N. The molecule has 1 heterocycles. The smallest absolute Gasteiger partial charge is 0.0399 e. The van der Waals surface area contributed by atoms with Crippen molar-refractivity contribution in [3.63, 3.8) is 0 Å². The van der Waals surface area contributed by atoms with E-state index >= 15 is 0 Å². The number of anilines is 1. The van der Waals surface area contributed by atoms with Crippen molar-refractivity contribution in [2.75, 3.05) is 18.0 Å². The predicted octanol–water partition coefficient (Wildman–Crippen LogP) is 3.02. The molecule has 1 aromatic rings. The maximum Gasteiger partial charge on any atom is 0.0399 e. The molecule has 0 aliphatic carbocycles. The fourth-order valence-corrected chi connectivity index (χ4v) is 1.96. The lowest BCUT2D eigenvalue weighted by molar-refractivity contribution is 0.809. The Bertz CT molecular complexity index is 341. The fourth-order valence-electron chi connectivity index (χ4n) is 1.96. The van der Waals surface area contributed by atoms with Gasteiger partial charge in [-0.05, 0) is 31.4 Å². The maximum absolute atomic E-state index is 3.95. The number of nitrogens with zero attached hydrogens (tertiary/aromatic N) is 1. The van der Waals surface area contributed by atoms with E-state index in [4.69, 9.17) is 0 Å². The zero-order valence-electron chi connectivity index (χ0n) is 8.79. The van der Waals surface area contributed by atoms with Crippen LogP contribution in [0.5, 0.6) is 0 Å². The van der Waals surface area contributed by atoms with Crippen LogP contribution in [-0.4, -0.2) is 13.1 Å². The highest BCUT2D eigenvalue weighted by atomic mass is 15.1. The molecule has 1 aliphatic heterocycles. The molecule has 0 N–H and O–H groups in total. The highest BCUT2D eigenvalue weighted by Crippen LogP contribution is 2.27. The van der Waals surface area contributed by atoms with Crippen LogP contribution in [0.1, 0.15) is 18.9 Å². The van der Waals surface area contributed by atoms with Crippen LogP contribution in [-0.2, 0) is 6.42 Å². The largest absolute Gasteiger partial charge is 0.371 e. The molecule has 1 nitrogen and oxygen atoms in total. The van der Waals surface area contributed by atoms with Crippen molar-refractivity contribution >= 4 is 5.69 Å². The summed E-state index contributed by atoms with van der Waals surface area (Å²) in [7, 11) is 0. The third-order valence-corrected chi connectivity index (χ3v) is 2.79. The highest BCUT2D eigenvalue weighted by molar-refractivity contribution is 5.57. The molecule has 0 saturated heterocycles. The summed E-state index contributed by atoms with van der Waals surface area (Å²) in [5.74, 6) is 0. The van der Waals surface area contributed by atoms with Crippen molar-refractivity contribution in [2.24, 2.45) is 0 Å². The molecule has 2 rings (SSSR count). The Labute approximate surface area is 86.1 Å². The van der Waals surface area contributed by atoms with Gasteiger partial charge in [0, 0.05) is 18.8 Å². The fraction of sp³-hybridized carbons (Fsp3) is 0.385. The average molecular weight is 187 g/mol. The monoisotopic (exact) mass is 187 g/mol. The Kier molecular flexibility index (Phi) is 2.58. The second-order valence-corrected chi connectivity index (χ2v) is 4.07. The van der Waals surface area contributed by atoms with Crippen LogP contribution in [0.2, 0.25) is 0 Å². The molecule has 0 aromatic heterocycles. The van der Waals surface area contributed by atoms with Gasteiger partial charge in [-0.2, -0.15) is 0 Å². The molecule has 0 amide bonds. The lowest BCUT2D eigenvalue weighted by atomic mass is 10.2. The van der Waals surface area contributed by atoms with E-state index < -0.39 is 0 Å². The second-order valence-electron chi connectivity index (χ2n) is 4.07. The summed E-state index contributed by atoms with van der Waals surface area (Å²) in [6.45, 7) is 8.34. The van der Waals surface area contributed by atoms with E-state index in [1.807, 2.05) is 0 Å². The number of benzene rings is 1. The third kappa shape index (κ3) is 1.82. The van der Waals surface area contributed by atoms with E-state index in [1.165, 1.54) is 29.8 Å². The van der Waals surface area contributed by atoms with Gasteiger partial charge < -0.3 is 4.90 Å². The van der Waals surface area contributed by atoms with Crippen LogP contribution in [0.4, 0.5) is 5.69 Å². The van der Waals surface area contributed by atoms with Gasteiger partial charge in [-0.1, -0.05) is 23.8 Å². The molecule has 0 radical (unpaired) electrons. The van der Waals surface area contributed by atoms with E-state index in [2.05, 4.69) is 42.7 Å². The van der Waals surface area contributed by atoms with Gasteiger partial charge in [-0.3, -0.25) is 0 Å². The number of rotatable bonds is 3. The van der Waals surface area contributed by atoms with Crippen LogP contribution < -0.4 is 4.90 Å². The minimum Gasteiger partial charge on any atom is -0.371 e. The summed E-state index contributed by atoms with van der Waals surface area (Å²) in [6.07, 6.45) is 2.31. The highest BCUT2D eigenvalue weighted by Gasteiger charge is 2.16. The Morgan fingerprint density at radius 2 is 2.21 bits per heavy atom. The summed E-state index contributed by atoms with van der Waals surface area (Å²) in [5, 5.41) is 0. The summed E-state index contributed by atoms with van der Waals surface area (Å²) < 4.78 is 0. The molecule has 1 aromatic carbocycles. The molecule has 1 heteroatoms. The molecule has 0 spiro atoms. The minimum absolute atomic E-state index is 1.11. The number of para-hydroxylation sites is 1. The van der Waals surface area contributed by atoms with Gasteiger partial charge in [0.15, 0.2) is 0 Å². The Morgan fingerprint density at radius 3 is 3.00 bits per heavy atom. The van der Waals surface area contributed by atoms with E-state index in [1.54, 1.807) is 0 Å². The van der Waals surface area contributed by atoms with Crippen LogP contribution >= 0.6 is 0 Å². The Hall–Kier alpha value is -1.24. The molecular weight excluding hydrogens is 170 g/mol. The zero-order valence-corrected chi connectivity index (χ0v) is 8.79. The van der Waals surface area contributed by atoms with Crippen LogP contribution in [0.15, 0.2) is 36.4 Å². The van der Waals surface area contributed by atoms with Gasteiger partial charge in [0.05, 0.1) is 0 Å². The summed E-state index contributed by atoms with van der Waals surface area (Å²) >= 11 is 0. The average Bonchev–Trinajstić information content (AvgIpc) is 2.58. The first-order chi connectivity index (χ1) is 6.77. The lowest BCUT2D eigenvalue weighted by Gasteiger charge is -2.19. The van der Waals surface area contributed by atoms with E-state index in [-0.39, 0.29) is 0 Å². The van der Waals surface area contributed by atoms with E-state index in [0.29, 0.717) is 0 Å². The van der Waals surface area contributed by atoms with Gasteiger partial charge in [0.1, 0.15) is 0 Å². The summed E-state index contributed by atoms with van der Waals surface area (Å²) in [4.78, 5) is 2.46. The first kappa shape index (κ1) is 9.32. The molecule has 74 valence electrons. The molecule has 0 saturated carbocycles. The van der Waals surface area contributed by atoms with Gasteiger partial charge in [-0.25, -0.2) is 0 Å². The van der Waals surface area contributed by atoms with Crippen molar-refractivity contribution in [3.05, 3.63) is 42.0 Å². The standard InChI is InChI=1S/C13H17N/c1-11(2)7-9-14-10-8-12-5-3-4-6-13(12)14/h3-6H,1,7-10H2,2H3. The number of fused-ring (bicyclic) bond motifs is 1. The predicted molar refractivity (Wildman–Crippen MR) is 61.8 cm³/mol. The van der Waals surface area contributed by atoms with Crippen molar-refractivity contribution in [1.82, 2.24) is 0 Å². The quantitative estimate of drug-likeness (QED) is 0.657. The second kappa shape index (κ2) is 3.87. The molecule has 0 fully saturated rings. The Morgan fingerprint density at radius 1 is 1.43 bits per heavy atom. The third-order valence-electron chi connectivity index (χ3n) is 2.79. The molecule has 1 aliphatic rings. The van der Waals surface area contributed by atoms with Crippen molar-refractivity contribution in [1.29, 1.82) is 0 Å². The maximum atomic E-state index is 3.95. The Balaban J connectivity index is 2.07. The SMILES string of the molecule is C=C(C)CCN1CCc2ccccc21. The topological polar surface area (TPSA) is 3.24 Å². The first-order valence-corrected chi connectivity index (χ1v) is 5.24. The van der Waals surface area contributed by atoms with Crippen LogP contribution in [0.25, 0.3) is 0 Å². The first-order valence-electron chi connectivity index (χ1n) is 5.24. The van der Waals surface area contributed by atoms with Gasteiger partial charge >= 0.3 is 0 Å². The normalized spacial score (nSPS) is 14.2. The summed E-state index contributed by atoms with van der Waals surface area (Å²) in [6, 6.07) is 8.70. The summed E-state index contributed by atoms with van der Waals surface area (Å²) in [5.41, 5.74) is 4.19. The number of hydrogen-bond acceptors (Lipinski definition) is 1. The molecule has 0 unspecified atom stereocenters. The van der Waals surface area contributed by atoms with Crippen molar-refractivity contribution < 1.29 is 0 Å². The van der Waals surface area contributed by atoms with Crippen molar-refractivity contribution in [3.8, 4) is 0 Å². The van der Waals surface area contributed by atoms with E-state index in [0.717, 1.165) is 13.0 Å². The number of hydrogen-bond donors (Lipinski definition) is 0. The van der Waals surface area contributed by atoms with E-state index in [9.17, 15) is 0 Å². The van der Waals surface area contributed by atoms with Crippen molar-refractivity contribution in [2.45, 2.75) is 19.8 Å². The van der Waals surface area contributed by atoms with Gasteiger partial charge in [0.2, 0.25) is 0 Å².